The first kappa shape index (κ1) is 17.6. The number of fused-ring (bicyclic) bond motifs is 1. The van der Waals surface area contributed by atoms with Gasteiger partial charge in [0.05, 0.1) is 6.61 Å². The molecular formula is C22H34O2. The molecule has 2 nitrogen and oxygen atoms in total. The zero-order chi connectivity index (χ0) is 17.2. The van der Waals surface area contributed by atoms with Gasteiger partial charge in [-0.25, -0.2) is 0 Å². The molecule has 3 atom stereocenters. The maximum Gasteiger partial charge on any atom is 0.120 e. The zero-order valence-electron chi connectivity index (χ0n) is 15.9. The molecular weight excluding hydrogens is 296 g/mol. The lowest BCUT2D eigenvalue weighted by molar-refractivity contribution is 0.0846. The van der Waals surface area contributed by atoms with E-state index in [4.69, 9.17) is 9.47 Å². The quantitative estimate of drug-likeness (QED) is 0.525. The number of unbranched alkanes of at least 4 members (excludes halogenated alkanes) is 3. The Hall–Kier alpha value is -1.18. The average molecular weight is 331 g/mol. The number of rotatable bonds is 8. The standard InChI is InChI=1S/C22H34O2/c1-5-6-7-8-15-23-18-10-12-19(13-11-18)24-22-16-17(2)9-14-20(22)21(22,3)4/h10-13,17,20H,5-9,14-16H2,1-4H3. The first-order valence-electron chi connectivity index (χ1n) is 9.91. The van der Waals surface area contributed by atoms with E-state index in [1.807, 2.05) is 0 Å². The second kappa shape index (κ2) is 6.98. The van der Waals surface area contributed by atoms with Crippen LogP contribution in [0.25, 0.3) is 0 Å². The Kier molecular flexibility index (Phi) is 5.13. The van der Waals surface area contributed by atoms with Gasteiger partial charge in [0, 0.05) is 11.3 Å². The van der Waals surface area contributed by atoms with Crippen molar-refractivity contribution >= 4 is 0 Å². The van der Waals surface area contributed by atoms with Crippen molar-refractivity contribution in [3.63, 3.8) is 0 Å². The minimum atomic E-state index is 0.0627. The summed E-state index contributed by atoms with van der Waals surface area (Å²) in [6.07, 6.45) is 8.83. The molecule has 3 rings (SSSR count). The Labute approximate surface area is 147 Å². The van der Waals surface area contributed by atoms with Crippen LogP contribution in [0.3, 0.4) is 0 Å². The molecule has 0 heterocycles. The highest BCUT2D eigenvalue weighted by atomic mass is 16.5. The Bertz CT molecular complexity index is 533. The Morgan fingerprint density at radius 1 is 1.00 bits per heavy atom. The SMILES string of the molecule is CCCCCCOc1ccc(OC23CC(C)CCC2C3(C)C)cc1. The van der Waals surface area contributed by atoms with Crippen LogP contribution in [-0.4, -0.2) is 12.2 Å². The van der Waals surface area contributed by atoms with E-state index in [0.29, 0.717) is 5.41 Å². The lowest BCUT2D eigenvalue weighted by Crippen LogP contribution is -2.30. The molecule has 2 heteroatoms. The molecule has 0 bridgehead atoms. The van der Waals surface area contributed by atoms with Crippen LogP contribution in [0.4, 0.5) is 0 Å². The summed E-state index contributed by atoms with van der Waals surface area (Å²) in [7, 11) is 0. The first-order chi connectivity index (χ1) is 11.5. The summed E-state index contributed by atoms with van der Waals surface area (Å²) in [4.78, 5) is 0. The number of hydrogen-bond donors (Lipinski definition) is 0. The minimum absolute atomic E-state index is 0.0627. The van der Waals surface area contributed by atoms with Crippen molar-refractivity contribution in [2.45, 2.75) is 78.2 Å². The summed E-state index contributed by atoms with van der Waals surface area (Å²) in [5.74, 6) is 3.45. The van der Waals surface area contributed by atoms with Crippen molar-refractivity contribution < 1.29 is 9.47 Å². The third-order valence-corrected chi connectivity index (χ3v) is 6.43. The Morgan fingerprint density at radius 3 is 2.42 bits per heavy atom. The van der Waals surface area contributed by atoms with E-state index >= 15 is 0 Å². The van der Waals surface area contributed by atoms with Gasteiger partial charge in [-0.05, 0) is 49.4 Å². The van der Waals surface area contributed by atoms with Crippen molar-refractivity contribution in [2.24, 2.45) is 17.3 Å². The van der Waals surface area contributed by atoms with Gasteiger partial charge in [-0.1, -0.05) is 53.4 Å². The average Bonchev–Trinajstić information content (AvgIpc) is 3.02. The monoisotopic (exact) mass is 330 g/mol. The first-order valence-corrected chi connectivity index (χ1v) is 9.91. The molecule has 24 heavy (non-hydrogen) atoms. The number of benzene rings is 1. The highest BCUT2D eigenvalue weighted by Crippen LogP contribution is 2.70. The van der Waals surface area contributed by atoms with Crippen LogP contribution in [0.5, 0.6) is 11.5 Å². The van der Waals surface area contributed by atoms with E-state index in [-0.39, 0.29) is 5.60 Å². The topological polar surface area (TPSA) is 18.5 Å². The van der Waals surface area contributed by atoms with Gasteiger partial charge in [0.25, 0.3) is 0 Å². The van der Waals surface area contributed by atoms with Crippen molar-refractivity contribution in [3.8, 4) is 11.5 Å². The molecule has 1 aromatic carbocycles. The van der Waals surface area contributed by atoms with Crippen LogP contribution < -0.4 is 9.47 Å². The third-order valence-electron chi connectivity index (χ3n) is 6.43. The van der Waals surface area contributed by atoms with Gasteiger partial charge in [0.2, 0.25) is 0 Å². The number of hydrogen-bond acceptors (Lipinski definition) is 2. The normalized spacial score (nSPS) is 30.5. The second-order valence-corrected chi connectivity index (χ2v) is 8.53. The van der Waals surface area contributed by atoms with Crippen molar-refractivity contribution in [2.75, 3.05) is 6.61 Å². The molecule has 0 aliphatic heterocycles. The summed E-state index contributed by atoms with van der Waals surface area (Å²) in [6.45, 7) is 10.2. The van der Waals surface area contributed by atoms with Crippen LogP contribution in [-0.2, 0) is 0 Å². The zero-order valence-corrected chi connectivity index (χ0v) is 15.9. The Morgan fingerprint density at radius 2 is 1.71 bits per heavy atom. The fourth-order valence-electron chi connectivity index (χ4n) is 4.77. The molecule has 0 radical (unpaired) electrons. The summed E-state index contributed by atoms with van der Waals surface area (Å²) in [5.41, 5.74) is 0.374. The summed E-state index contributed by atoms with van der Waals surface area (Å²) in [5, 5.41) is 0. The molecule has 0 aromatic heterocycles. The van der Waals surface area contributed by atoms with Gasteiger partial charge in [-0.3, -0.25) is 0 Å². The van der Waals surface area contributed by atoms with Gasteiger partial charge >= 0.3 is 0 Å². The smallest absolute Gasteiger partial charge is 0.120 e. The Balaban J connectivity index is 1.55. The maximum atomic E-state index is 6.56. The molecule has 2 aliphatic rings. The molecule has 0 N–H and O–H groups in total. The summed E-state index contributed by atoms with van der Waals surface area (Å²) >= 11 is 0. The summed E-state index contributed by atoms with van der Waals surface area (Å²) < 4.78 is 12.4. The van der Waals surface area contributed by atoms with E-state index in [2.05, 4.69) is 52.0 Å². The predicted octanol–water partition coefficient (Wildman–Crippen LogP) is 6.24. The fraction of sp³-hybridized carbons (Fsp3) is 0.727. The molecule has 1 aromatic rings. The molecule has 0 amide bonds. The van der Waals surface area contributed by atoms with Crippen molar-refractivity contribution in [1.29, 1.82) is 0 Å². The predicted molar refractivity (Wildman–Crippen MR) is 99.7 cm³/mol. The lowest BCUT2D eigenvalue weighted by atomic mass is 9.88. The van der Waals surface area contributed by atoms with Crippen LogP contribution in [0.1, 0.15) is 72.6 Å². The lowest BCUT2D eigenvalue weighted by Gasteiger charge is -2.29. The van der Waals surface area contributed by atoms with Crippen molar-refractivity contribution in [1.82, 2.24) is 0 Å². The molecule has 2 saturated carbocycles. The molecule has 0 saturated heterocycles. The highest BCUT2D eigenvalue weighted by molar-refractivity contribution is 5.34. The van der Waals surface area contributed by atoms with Gasteiger partial charge in [-0.2, -0.15) is 0 Å². The van der Waals surface area contributed by atoms with Crippen LogP contribution >= 0.6 is 0 Å². The summed E-state index contributed by atoms with van der Waals surface area (Å²) in [6, 6.07) is 8.28. The van der Waals surface area contributed by atoms with Crippen LogP contribution in [0.2, 0.25) is 0 Å². The molecule has 0 spiro atoms. The van der Waals surface area contributed by atoms with E-state index in [9.17, 15) is 0 Å². The van der Waals surface area contributed by atoms with Crippen molar-refractivity contribution in [3.05, 3.63) is 24.3 Å². The van der Waals surface area contributed by atoms with Gasteiger partial charge < -0.3 is 9.47 Å². The molecule has 2 fully saturated rings. The van der Waals surface area contributed by atoms with Gasteiger partial charge in [-0.15, -0.1) is 0 Å². The van der Waals surface area contributed by atoms with E-state index in [1.165, 1.54) is 38.5 Å². The fourth-order valence-corrected chi connectivity index (χ4v) is 4.77. The van der Waals surface area contributed by atoms with Gasteiger partial charge in [0.1, 0.15) is 17.1 Å². The van der Waals surface area contributed by atoms with Gasteiger partial charge in [0.15, 0.2) is 0 Å². The largest absolute Gasteiger partial charge is 0.494 e. The third kappa shape index (κ3) is 3.30. The van der Waals surface area contributed by atoms with Crippen LogP contribution in [0, 0.1) is 17.3 Å². The maximum absolute atomic E-state index is 6.56. The second-order valence-electron chi connectivity index (χ2n) is 8.53. The van der Waals surface area contributed by atoms with E-state index < -0.39 is 0 Å². The van der Waals surface area contributed by atoms with Crippen LogP contribution in [0.15, 0.2) is 24.3 Å². The van der Waals surface area contributed by atoms with E-state index in [0.717, 1.165) is 36.4 Å². The number of ether oxygens (including phenoxy) is 2. The minimum Gasteiger partial charge on any atom is -0.494 e. The molecule has 3 unspecified atom stereocenters. The molecule has 2 aliphatic carbocycles. The highest BCUT2D eigenvalue weighted by Gasteiger charge is 2.74. The molecule has 134 valence electrons. The van der Waals surface area contributed by atoms with E-state index in [1.54, 1.807) is 0 Å².